The molecule has 1 aromatic rings. The standard InChI is InChI=1S/C12H16FO2P/c13-11-8-4-5-9-12(11)16(14,15)10-6-2-1-3-7-10/h4-5,8-10H,1-3,6-7H2,(H,14,15). The molecule has 2 nitrogen and oxygen atoms in total. The van der Waals surface area contributed by atoms with Crippen LogP contribution in [-0.2, 0) is 4.57 Å². The molecular formula is C12H16FO2P. The molecule has 0 radical (unpaired) electrons. The Bertz CT molecular complexity index is 413. The maximum absolute atomic E-state index is 13.5. The van der Waals surface area contributed by atoms with E-state index in [1.165, 1.54) is 12.1 Å². The van der Waals surface area contributed by atoms with Gasteiger partial charge < -0.3 is 4.89 Å². The number of halogens is 1. The zero-order valence-corrected chi connectivity index (χ0v) is 10.00. The first-order valence-electron chi connectivity index (χ1n) is 5.70. The summed E-state index contributed by atoms with van der Waals surface area (Å²) in [5.41, 5.74) is -0.252. The van der Waals surface area contributed by atoms with Crippen molar-refractivity contribution in [3.05, 3.63) is 30.1 Å². The lowest BCUT2D eigenvalue weighted by Gasteiger charge is -2.26. The quantitative estimate of drug-likeness (QED) is 0.809. The number of benzene rings is 1. The van der Waals surface area contributed by atoms with E-state index in [-0.39, 0.29) is 11.0 Å². The summed E-state index contributed by atoms with van der Waals surface area (Å²) in [5, 5.41) is 0.00176. The minimum Gasteiger partial charge on any atom is -0.341 e. The zero-order chi connectivity index (χ0) is 11.6. The predicted octanol–water partition coefficient (Wildman–Crippen LogP) is 3.05. The molecule has 0 heterocycles. The van der Waals surface area contributed by atoms with E-state index in [4.69, 9.17) is 0 Å². The number of rotatable bonds is 2. The van der Waals surface area contributed by atoms with Crippen LogP contribution in [0.3, 0.4) is 0 Å². The molecule has 1 unspecified atom stereocenters. The molecule has 1 fully saturated rings. The van der Waals surface area contributed by atoms with Crippen molar-refractivity contribution in [1.82, 2.24) is 0 Å². The van der Waals surface area contributed by atoms with Gasteiger partial charge in [-0.1, -0.05) is 31.4 Å². The molecule has 1 saturated carbocycles. The van der Waals surface area contributed by atoms with E-state index < -0.39 is 13.2 Å². The first-order valence-corrected chi connectivity index (χ1v) is 7.43. The molecule has 0 aliphatic heterocycles. The van der Waals surface area contributed by atoms with Crippen LogP contribution in [0.25, 0.3) is 0 Å². The Labute approximate surface area is 95.0 Å². The number of hydrogen-bond donors (Lipinski definition) is 1. The second-order valence-corrected chi connectivity index (χ2v) is 6.82. The molecule has 1 N–H and O–H groups in total. The van der Waals surface area contributed by atoms with E-state index in [0.29, 0.717) is 0 Å². The van der Waals surface area contributed by atoms with E-state index in [9.17, 15) is 13.8 Å². The van der Waals surface area contributed by atoms with Gasteiger partial charge in [-0.05, 0) is 25.0 Å². The highest BCUT2D eigenvalue weighted by atomic mass is 31.2. The smallest absolute Gasteiger partial charge is 0.235 e. The van der Waals surface area contributed by atoms with Crippen molar-refractivity contribution in [2.24, 2.45) is 0 Å². The third-order valence-electron chi connectivity index (χ3n) is 3.27. The van der Waals surface area contributed by atoms with Crippen LogP contribution in [0.15, 0.2) is 24.3 Å². The highest BCUT2D eigenvalue weighted by Gasteiger charge is 2.35. The van der Waals surface area contributed by atoms with Crippen molar-refractivity contribution in [3.8, 4) is 0 Å². The summed E-state index contributed by atoms with van der Waals surface area (Å²) in [7, 11) is -3.53. The zero-order valence-electron chi connectivity index (χ0n) is 9.10. The van der Waals surface area contributed by atoms with Gasteiger partial charge in [0.1, 0.15) is 5.82 Å². The van der Waals surface area contributed by atoms with E-state index in [2.05, 4.69) is 0 Å². The van der Waals surface area contributed by atoms with Gasteiger partial charge in [0.25, 0.3) is 0 Å². The van der Waals surface area contributed by atoms with Gasteiger partial charge in [0, 0.05) is 5.66 Å². The molecule has 0 aromatic heterocycles. The van der Waals surface area contributed by atoms with Crippen LogP contribution in [0.2, 0.25) is 0 Å². The van der Waals surface area contributed by atoms with Crippen molar-refractivity contribution < 1.29 is 13.8 Å². The van der Waals surface area contributed by atoms with Crippen LogP contribution < -0.4 is 5.30 Å². The van der Waals surface area contributed by atoms with E-state index >= 15 is 0 Å². The normalized spacial score (nSPS) is 21.6. The molecule has 2 rings (SSSR count). The topological polar surface area (TPSA) is 37.3 Å². The average molecular weight is 242 g/mol. The molecule has 0 bridgehead atoms. The van der Waals surface area contributed by atoms with E-state index in [1.54, 1.807) is 12.1 Å². The summed E-state index contributed by atoms with van der Waals surface area (Å²) in [6.07, 6.45) is 4.55. The van der Waals surface area contributed by atoms with E-state index in [1.807, 2.05) is 0 Å². The molecule has 1 atom stereocenters. The van der Waals surface area contributed by atoms with Gasteiger partial charge in [0.05, 0.1) is 5.30 Å². The first-order chi connectivity index (χ1) is 7.62. The monoisotopic (exact) mass is 242 g/mol. The summed E-state index contributed by atoms with van der Waals surface area (Å²) in [6, 6.07) is 5.84. The maximum Gasteiger partial charge on any atom is 0.235 e. The second-order valence-electron chi connectivity index (χ2n) is 4.37. The summed E-state index contributed by atoms with van der Waals surface area (Å²) in [6.45, 7) is 0. The lowest BCUT2D eigenvalue weighted by atomic mass is 10.0. The van der Waals surface area contributed by atoms with Crippen LogP contribution in [0.1, 0.15) is 32.1 Å². The SMILES string of the molecule is O=P(O)(c1ccccc1F)C1CCCCC1. The molecule has 1 aromatic carbocycles. The molecule has 1 aliphatic carbocycles. The molecule has 16 heavy (non-hydrogen) atoms. The average Bonchev–Trinajstić information content (AvgIpc) is 2.30. The predicted molar refractivity (Wildman–Crippen MR) is 62.7 cm³/mol. The van der Waals surface area contributed by atoms with Crippen LogP contribution in [0.4, 0.5) is 4.39 Å². The lowest BCUT2D eigenvalue weighted by Crippen LogP contribution is -2.22. The second kappa shape index (κ2) is 4.68. The fraction of sp³-hybridized carbons (Fsp3) is 0.500. The Hall–Kier alpha value is -0.660. The summed E-state index contributed by atoms with van der Waals surface area (Å²) >= 11 is 0. The van der Waals surface area contributed by atoms with Crippen LogP contribution in [0.5, 0.6) is 0 Å². The van der Waals surface area contributed by atoms with E-state index in [0.717, 1.165) is 32.1 Å². The summed E-state index contributed by atoms with van der Waals surface area (Å²) < 4.78 is 25.8. The minimum absolute atomic E-state index is 0.00176. The first kappa shape index (κ1) is 11.8. The van der Waals surface area contributed by atoms with Crippen molar-refractivity contribution in [3.63, 3.8) is 0 Å². The van der Waals surface area contributed by atoms with Gasteiger partial charge in [0.15, 0.2) is 0 Å². The van der Waals surface area contributed by atoms with Gasteiger partial charge >= 0.3 is 0 Å². The summed E-state index contributed by atoms with van der Waals surface area (Å²) in [5.74, 6) is -0.557. The van der Waals surface area contributed by atoms with Crippen molar-refractivity contribution >= 4 is 12.7 Å². The van der Waals surface area contributed by atoms with Gasteiger partial charge in [-0.25, -0.2) is 4.39 Å². The van der Waals surface area contributed by atoms with Crippen molar-refractivity contribution in [1.29, 1.82) is 0 Å². The third kappa shape index (κ3) is 2.21. The molecular weight excluding hydrogens is 226 g/mol. The molecule has 1 aliphatic rings. The van der Waals surface area contributed by atoms with Crippen LogP contribution in [-0.4, -0.2) is 10.6 Å². The molecule has 0 saturated heterocycles. The Morgan fingerprint density at radius 3 is 2.44 bits per heavy atom. The van der Waals surface area contributed by atoms with Crippen molar-refractivity contribution in [2.45, 2.75) is 37.8 Å². The van der Waals surface area contributed by atoms with Gasteiger partial charge in [-0.2, -0.15) is 0 Å². The van der Waals surface area contributed by atoms with Gasteiger partial charge in [-0.3, -0.25) is 4.57 Å². The van der Waals surface area contributed by atoms with Crippen molar-refractivity contribution in [2.75, 3.05) is 0 Å². The fourth-order valence-electron chi connectivity index (χ4n) is 2.34. The minimum atomic E-state index is -3.53. The van der Waals surface area contributed by atoms with Gasteiger partial charge in [0.2, 0.25) is 7.37 Å². The molecule has 0 spiro atoms. The lowest BCUT2D eigenvalue weighted by molar-refractivity contribution is 0.429. The van der Waals surface area contributed by atoms with Crippen LogP contribution >= 0.6 is 7.37 Å². The third-order valence-corrected chi connectivity index (χ3v) is 5.83. The van der Waals surface area contributed by atoms with Gasteiger partial charge in [-0.15, -0.1) is 0 Å². The number of hydrogen-bond acceptors (Lipinski definition) is 1. The Morgan fingerprint density at radius 1 is 1.19 bits per heavy atom. The maximum atomic E-state index is 13.5. The summed E-state index contributed by atoms with van der Waals surface area (Å²) in [4.78, 5) is 10.1. The highest BCUT2D eigenvalue weighted by molar-refractivity contribution is 7.66. The molecule has 0 amide bonds. The Kier molecular flexibility index (Phi) is 3.46. The Balaban J connectivity index is 2.30. The molecule has 88 valence electrons. The van der Waals surface area contributed by atoms with Crippen LogP contribution in [0, 0.1) is 5.82 Å². The highest BCUT2D eigenvalue weighted by Crippen LogP contribution is 2.51. The Morgan fingerprint density at radius 2 is 1.81 bits per heavy atom. The fourth-order valence-corrected chi connectivity index (χ4v) is 4.48. The molecule has 4 heteroatoms. The largest absolute Gasteiger partial charge is 0.341 e.